The van der Waals surface area contributed by atoms with Crippen LogP contribution < -0.4 is 16.8 Å². The average molecular weight is 595 g/mol. The van der Waals surface area contributed by atoms with Crippen molar-refractivity contribution in [2.75, 3.05) is 23.8 Å². The lowest BCUT2D eigenvalue weighted by Crippen LogP contribution is -2.71. The van der Waals surface area contributed by atoms with E-state index in [-0.39, 0.29) is 26.6 Å². The fraction of sp³-hybridized carbons (Fsp3) is 0.312. The highest BCUT2D eigenvalue weighted by Crippen LogP contribution is 2.46. The maximum Gasteiger partial charge on any atom is 0.353 e. The first-order valence-corrected chi connectivity index (χ1v) is 14.3. The molecule has 0 aromatic carbocycles. The molecule has 1 saturated heterocycles. The first-order valence-electron chi connectivity index (χ1n) is 9.45. The predicted octanol–water partition coefficient (Wildman–Crippen LogP) is 0.948. The number of aliphatic carboxylic acids is 1. The molecule has 13 nitrogen and oxygen atoms in total. The highest BCUT2D eigenvalue weighted by atomic mass is 35.5. The number of halogens is 1. The molecule has 19 heteroatoms. The third-order valence-corrected chi connectivity index (χ3v) is 10.3. The van der Waals surface area contributed by atoms with Gasteiger partial charge in [-0.3, -0.25) is 14.5 Å². The van der Waals surface area contributed by atoms with E-state index in [1.807, 2.05) is 0 Å². The molecule has 0 saturated carbocycles. The van der Waals surface area contributed by atoms with Gasteiger partial charge in [0.2, 0.25) is 0 Å². The van der Waals surface area contributed by atoms with Gasteiger partial charge in [-0.2, -0.15) is 0 Å². The summed E-state index contributed by atoms with van der Waals surface area (Å²) in [5.41, 5.74) is 10.2. The number of carbonyl (C=O) groups excluding carboxylic acids is 2. The van der Waals surface area contributed by atoms with Gasteiger partial charge >= 0.3 is 5.97 Å². The number of fused-ring (bicyclic) bond motifs is 1. The van der Waals surface area contributed by atoms with Crippen molar-refractivity contribution in [1.82, 2.24) is 25.4 Å². The highest BCUT2D eigenvalue weighted by molar-refractivity contribution is 8.07. The highest BCUT2D eigenvalue weighted by Gasteiger charge is 2.54. The van der Waals surface area contributed by atoms with Crippen molar-refractivity contribution in [3.05, 3.63) is 20.6 Å². The molecule has 0 bridgehead atoms. The van der Waals surface area contributed by atoms with E-state index in [9.17, 15) is 24.7 Å². The summed E-state index contributed by atoms with van der Waals surface area (Å²) in [6.07, 6.45) is 0. The number of oxime groups is 1. The number of β-lactam (4-membered cyclic amide) rings is 1. The van der Waals surface area contributed by atoms with Gasteiger partial charge in [0.1, 0.15) is 27.1 Å². The Morgan fingerprint density at radius 3 is 2.69 bits per heavy atom. The van der Waals surface area contributed by atoms with Crippen molar-refractivity contribution in [1.29, 1.82) is 0 Å². The Hall–Kier alpha value is -2.09. The lowest BCUT2D eigenvalue weighted by Gasteiger charge is -2.49. The smallest absolute Gasteiger partial charge is 0.353 e. The zero-order chi connectivity index (χ0) is 25.3. The van der Waals surface area contributed by atoms with Crippen LogP contribution in [0.25, 0.3) is 0 Å². The number of thioether (sulfide) groups is 3. The van der Waals surface area contributed by atoms with Crippen LogP contribution >= 0.6 is 69.6 Å². The zero-order valence-electron chi connectivity index (χ0n) is 17.2. The summed E-state index contributed by atoms with van der Waals surface area (Å²) in [7, 11) is 0. The Bertz CT molecular complexity index is 1250. The van der Waals surface area contributed by atoms with E-state index in [1.165, 1.54) is 34.9 Å². The van der Waals surface area contributed by atoms with Crippen LogP contribution in [-0.4, -0.2) is 83.4 Å². The molecule has 2 unspecified atom stereocenters. The molecule has 2 atom stereocenters. The van der Waals surface area contributed by atoms with Gasteiger partial charge < -0.3 is 27.1 Å². The van der Waals surface area contributed by atoms with Gasteiger partial charge in [-0.25, -0.2) is 9.78 Å². The van der Waals surface area contributed by atoms with Crippen molar-refractivity contribution in [2.45, 2.75) is 20.1 Å². The first-order chi connectivity index (χ1) is 16.7. The third-order valence-electron chi connectivity index (χ3n) is 4.51. The SMILES string of the molecule is NCCSc1nnc(SC2=C(C(=O)O)N3C(=O)C(NC(=O)/C(=N\O)c4nc(N)sc4Cl)C3SC2)s1. The number of nitrogens with two attached hydrogens (primary N) is 2. The number of hydrogen-bond donors (Lipinski definition) is 5. The van der Waals surface area contributed by atoms with E-state index in [2.05, 4.69) is 25.7 Å². The van der Waals surface area contributed by atoms with Gasteiger partial charge in [-0.05, 0) is 0 Å². The predicted molar refractivity (Wildman–Crippen MR) is 135 cm³/mol. The molecule has 4 rings (SSSR count). The third kappa shape index (κ3) is 5.23. The van der Waals surface area contributed by atoms with Gasteiger partial charge in [-0.1, -0.05) is 63.0 Å². The molecule has 7 N–H and O–H groups in total. The zero-order valence-corrected chi connectivity index (χ0v) is 22.0. The molecule has 1 fully saturated rings. The maximum atomic E-state index is 12.9. The Morgan fingerprint density at radius 1 is 1.31 bits per heavy atom. The number of nitrogens with one attached hydrogen (secondary N) is 1. The Kier molecular flexibility index (Phi) is 8.09. The molecule has 186 valence electrons. The van der Waals surface area contributed by atoms with Gasteiger partial charge in [0, 0.05) is 23.0 Å². The number of amides is 2. The van der Waals surface area contributed by atoms with E-state index in [4.69, 9.17) is 23.1 Å². The molecule has 0 spiro atoms. The summed E-state index contributed by atoms with van der Waals surface area (Å²) in [5.74, 6) is -1.85. The maximum absolute atomic E-state index is 12.9. The molecule has 0 radical (unpaired) electrons. The Balaban J connectivity index is 1.49. The number of carboxylic acid groups (broad SMARTS) is 1. The monoisotopic (exact) mass is 594 g/mol. The molecular formula is C16H15ClN8O5S5. The van der Waals surface area contributed by atoms with Gasteiger partial charge in [0.25, 0.3) is 11.8 Å². The topological polar surface area (TPSA) is 210 Å². The van der Waals surface area contributed by atoms with Crippen molar-refractivity contribution in [3.8, 4) is 0 Å². The molecule has 2 amide bonds. The molecule has 35 heavy (non-hydrogen) atoms. The largest absolute Gasteiger partial charge is 0.477 e. The van der Waals surface area contributed by atoms with E-state index >= 15 is 0 Å². The lowest BCUT2D eigenvalue weighted by atomic mass is 10.0. The van der Waals surface area contributed by atoms with Crippen LogP contribution in [0.3, 0.4) is 0 Å². The summed E-state index contributed by atoms with van der Waals surface area (Å²) in [5, 5.41) is 32.1. The minimum Gasteiger partial charge on any atom is -0.477 e. The molecule has 2 aromatic heterocycles. The van der Waals surface area contributed by atoms with E-state index in [0.717, 1.165) is 28.0 Å². The molecule has 4 heterocycles. The molecule has 0 aliphatic carbocycles. The average Bonchev–Trinajstić information content (AvgIpc) is 3.41. The summed E-state index contributed by atoms with van der Waals surface area (Å²) < 4.78 is 1.29. The number of thiazole rings is 1. The minimum atomic E-state index is -1.28. The minimum absolute atomic E-state index is 0.0399. The Morgan fingerprint density at radius 2 is 2.06 bits per heavy atom. The van der Waals surface area contributed by atoms with E-state index < -0.39 is 34.9 Å². The van der Waals surface area contributed by atoms with Crippen molar-refractivity contribution < 1.29 is 24.7 Å². The fourth-order valence-corrected chi connectivity index (χ4v) is 8.52. The fourth-order valence-electron chi connectivity index (χ4n) is 3.09. The van der Waals surface area contributed by atoms with Crippen LogP contribution in [-0.2, 0) is 14.4 Å². The quantitative estimate of drug-likeness (QED) is 0.0900. The second-order valence-electron chi connectivity index (χ2n) is 6.63. The van der Waals surface area contributed by atoms with E-state index in [0.29, 0.717) is 25.9 Å². The standard InChI is InChI=1S/C16H15ClN8O5S5/c17-9-5(21-14(19)34-9)6(24-30)10(26)20-7-11(27)25-8(13(28)29)4(3-32-12(7)25)33-16-23-22-15(35-16)31-2-1-18/h7,12,30H,1-3,18H2,(H2,19,21)(H,20,26)(H,28,29)/b24-6-. The van der Waals surface area contributed by atoms with Gasteiger partial charge in [-0.15, -0.1) is 22.0 Å². The molecule has 2 aliphatic rings. The number of aromatic nitrogens is 3. The Labute approximate surface area is 222 Å². The number of carbonyl (C=O) groups is 3. The molecule has 2 aliphatic heterocycles. The van der Waals surface area contributed by atoms with Crippen molar-refractivity contribution in [3.63, 3.8) is 0 Å². The molecule has 2 aromatic rings. The van der Waals surface area contributed by atoms with Crippen molar-refractivity contribution in [2.24, 2.45) is 10.9 Å². The first kappa shape index (κ1) is 26.0. The van der Waals surface area contributed by atoms with Crippen LogP contribution in [0, 0.1) is 0 Å². The van der Waals surface area contributed by atoms with Gasteiger partial charge in [0.05, 0.1) is 0 Å². The summed E-state index contributed by atoms with van der Waals surface area (Å²) in [4.78, 5) is 43.0. The number of hydrogen-bond acceptors (Lipinski definition) is 15. The van der Waals surface area contributed by atoms with Crippen LogP contribution in [0.4, 0.5) is 5.13 Å². The van der Waals surface area contributed by atoms with Crippen LogP contribution in [0.1, 0.15) is 5.69 Å². The molecular weight excluding hydrogens is 580 g/mol. The van der Waals surface area contributed by atoms with Crippen molar-refractivity contribution >= 4 is 98.2 Å². The summed E-state index contributed by atoms with van der Waals surface area (Å²) >= 11 is 12.0. The van der Waals surface area contributed by atoms with E-state index in [1.54, 1.807) is 0 Å². The lowest BCUT2D eigenvalue weighted by molar-refractivity contribution is -0.150. The number of carboxylic acids is 1. The number of nitrogen functional groups attached to an aromatic ring is 1. The second kappa shape index (κ2) is 10.9. The normalized spacial score (nSPS) is 20.0. The summed E-state index contributed by atoms with van der Waals surface area (Å²) in [6, 6.07) is -1.04. The number of nitrogens with zero attached hydrogens (tertiary/aromatic N) is 5. The summed E-state index contributed by atoms with van der Waals surface area (Å²) in [6.45, 7) is 0.490. The van der Waals surface area contributed by atoms with Gasteiger partial charge in [0.15, 0.2) is 19.5 Å². The van der Waals surface area contributed by atoms with Crippen LogP contribution in [0.2, 0.25) is 4.34 Å². The second-order valence-corrected chi connectivity index (χ2v) is 13.0. The number of anilines is 1. The van der Waals surface area contributed by atoms with Crippen LogP contribution in [0.5, 0.6) is 0 Å². The van der Waals surface area contributed by atoms with Crippen LogP contribution in [0.15, 0.2) is 24.4 Å². The number of rotatable bonds is 9.